The van der Waals surface area contributed by atoms with Gasteiger partial charge in [-0.3, -0.25) is 9.69 Å². The maximum absolute atomic E-state index is 12.3. The van der Waals surface area contributed by atoms with Gasteiger partial charge in [0.1, 0.15) is 5.76 Å². The molecule has 150 valence electrons. The minimum Gasteiger partial charge on any atom is -0.467 e. The van der Waals surface area contributed by atoms with Crippen LogP contribution in [0.1, 0.15) is 27.2 Å². The average Bonchev–Trinajstić information content (AvgIpc) is 3.27. The zero-order chi connectivity index (χ0) is 20.1. The number of nitrogens with one attached hydrogen (secondary N) is 1. The van der Waals surface area contributed by atoms with Crippen LogP contribution in [0.15, 0.2) is 71.3 Å². The lowest BCUT2D eigenvalue weighted by Crippen LogP contribution is -2.45. The van der Waals surface area contributed by atoms with E-state index in [-0.39, 0.29) is 5.91 Å². The zero-order valence-electron chi connectivity index (χ0n) is 16.8. The van der Waals surface area contributed by atoms with Crippen LogP contribution in [0.5, 0.6) is 0 Å². The lowest BCUT2D eigenvalue weighted by Gasteiger charge is -2.36. The van der Waals surface area contributed by atoms with Crippen molar-refractivity contribution in [3.05, 3.63) is 89.4 Å². The molecule has 0 atom stereocenters. The van der Waals surface area contributed by atoms with Gasteiger partial charge < -0.3 is 14.6 Å². The van der Waals surface area contributed by atoms with Crippen LogP contribution in [0, 0.1) is 6.92 Å². The molecule has 0 saturated carbocycles. The molecule has 0 unspecified atom stereocenters. The molecule has 0 aliphatic carbocycles. The standard InChI is InChI=1S/C24H27N3O2/c1-19-4-10-22(11-5-19)27-14-12-26(13-15-27)18-20-6-8-21(9-7-20)24(28)25-17-23-3-2-16-29-23/h2-11,16H,12-15,17-18H2,1H3,(H,25,28). The molecule has 0 radical (unpaired) electrons. The Labute approximate surface area is 171 Å². The first-order valence-electron chi connectivity index (χ1n) is 10.1. The first-order chi connectivity index (χ1) is 14.2. The topological polar surface area (TPSA) is 48.7 Å². The van der Waals surface area contributed by atoms with Crippen molar-refractivity contribution in [1.82, 2.24) is 10.2 Å². The third-order valence-electron chi connectivity index (χ3n) is 5.40. The first-order valence-corrected chi connectivity index (χ1v) is 10.1. The smallest absolute Gasteiger partial charge is 0.251 e. The Balaban J connectivity index is 1.26. The van der Waals surface area contributed by atoms with Gasteiger partial charge in [0.15, 0.2) is 0 Å². The Kier molecular flexibility index (Phi) is 5.96. The molecule has 2 heterocycles. The van der Waals surface area contributed by atoms with Gasteiger partial charge in [0.25, 0.3) is 5.91 Å². The molecular formula is C24H27N3O2. The predicted octanol–water partition coefficient (Wildman–Crippen LogP) is 3.84. The van der Waals surface area contributed by atoms with Gasteiger partial charge in [-0.05, 0) is 48.9 Å². The SMILES string of the molecule is Cc1ccc(N2CCN(Cc3ccc(C(=O)NCc4ccco4)cc3)CC2)cc1. The molecule has 0 spiro atoms. The number of nitrogens with zero attached hydrogens (tertiary/aromatic N) is 2. The summed E-state index contributed by atoms with van der Waals surface area (Å²) in [5, 5.41) is 2.88. The van der Waals surface area contributed by atoms with Gasteiger partial charge in [0.2, 0.25) is 0 Å². The Morgan fingerprint density at radius 2 is 1.69 bits per heavy atom. The van der Waals surface area contributed by atoms with Gasteiger partial charge >= 0.3 is 0 Å². The fraction of sp³-hybridized carbons (Fsp3) is 0.292. The summed E-state index contributed by atoms with van der Waals surface area (Å²) in [4.78, 5) is 17.2. The fourth-order valence-electron chi connectivity index (χ4n) is 3.62. The Bertz CT molecular complexity index is 910. The molecular weight excluding hydrogens is 362 g/mol. The molecule has 1 aromatic heterocycles. The summed E-state index contributed by atoms with van der Waals surface area (Å²) in [5.74, 6) is 0.666. The van der Waals surface area contributed by atoms with Crippen molar-refractivity contribution in [3.63, 3.8) is 0 Å². The molecule has 5 heteroatoms. The van der Waals surface area contributed by atoms with Crippen LogP contribution in [-0.2, 0) is 13.1 Å². The van der Waals surface area contributed by atoms with E-state index < -0.39 is 0 Å². The largest absolute Gasteiger partial charge is 0.467 e. The predicted molar refractivity (Wildman–Crippen MR) is 115 cm³/mol. The Morgan fingerprint density at radius 3 is 2.34 bits per heavy atom. The highest BCUT2D eigenvalue weighted by Crippen LogP contribution is 2.18. The summed E-state index contributed by atoms with van der Waals surface area (Å²) in [5.41, 5.74) is 4.51. The monoisotopic (exact) mass is 389 g/mol. The molecule has 1 fully saturated rings. The van der Waals surface area contributed by atoms with Crippen molar-refractivity contribution in [3.8, 4) is 0 Å². The van der Waals surface area contributed by atoms with Gasteiger partial charge in [0.05, 0.1) is 12.8 Å². The van der Waals surface area contributed by atoms with Gasteiger partial charge in [0, 0.05) is 44.0 Å². The number of aryl methyl sites for hydroxylation is 1. The van der Waals surface area contributed by atoms with Gasteiger partial charge in [-0.25, -0.2) is 0 Å². The number of benzene rings is 2. The second kappa shape index (κ2) is 8.97. The van der Waals surface area contributed by atoms with Crippen molar-refractivity contribution in [2.45, 2.75) is 20.0 Å². The molecule has 29 heavy (non-hydrogen) atoms. The highest BCUT2D eigenvalue weighted by Gasteiger charge is 2.17. The molecule has 1 aliphatic heterocycles. The number of carbonyl (C=O) groups excluding carboxylic acids is 1. The lowest BCUT2D eigenvalue weighted by atomic mass is 10.1. The summed E-state index contributed by atoms with van der Waals surface area (Å²) < 4.78 is 5.24. The van der Waals surface area contributed by atoms with Crippen LogP contribution < -0.4 is 10.2 Å². The molecule has 1 aliphatic rings. The van der Waals surface area contributed by atoms with Crippen molar-refractivity contribution < 1.29 is 9.21 Å². The maximum Gasteiger partial charge on any atom is 0.251 e. The van der Waals surface area contributed by atoms with E-state index in [0.717, 1.165) is 38.5 Å². The summed E-state index contributed by atoms with van der Waals surface area (Å²) in [6.07, 6.45) is 1.61. The fourth-order valence-corrected chi connectivity index (χ4v) is 3.62. The van der Waals surface area contributed by atoms with Crippen LogP contribution in [0.2, 0.25) is 0 Å². The highest BCUT2D eigenvalue weighted by atomic mass is 16.3. The van der Waals surface area contributed by atoms with E-state index in [4.69, 9.17) is 4.42 Å². The number of furan rings is 1. The molecule has 2 aromatic carbocycles. The molecule has 1 amide bonds. The van der Waals surface area contributed by atoms with E-state index >= 15 is 0 Å². The van der Waals surface area contributed by atoms with E-state index in [9.17, 15) is 4.79 Å². The Hall–Kier alpha value is -3.05. The van der Waals surface area contributed by atoms with E-state index in [0.29, 0.717) is 12.1 Å². The minimum absolute atomic E-state index is 0.0836. The molecule has 0 bridgehead atoms. The second-order valence-corrected chi connectivity index (χ2v) is 7.56. The van der Waals surface area contributed by atoms with Crippen molar-refractivity contribution >= 4 is 11.6 Å². The number of rotatable bonds is 6. The first kappa shape index (κ1) is 19.3. The zero-order valence-corrected chi connectivity index (χ0v) is 16.8. The average molecular weight is 389 g/mol. The van der Waals surface area contributed by atoms with Gasteiger partial charge in [-0.15, -0.1) is 0 Å². The molecule has 1 saturated heterocycles. The number of carbonyl (C=O) groups is 1. The van der Waals surface area contributed by atoms with Crippen LogP contribution in [-0.4, -0.2) is 37.0 Å². The van der Waals surface area contributed by atoms with E-state index in [1.165, 1.54) is 16.8 Å². The van der Waals surface area contributed by atoms with Crippen LogP contribution >= 0.6 is 0 Å². The van der Waals surface area contributed by atoms with Crippen molar-refractivity contribution in [2.75, 3.05) is 31.1 Å². The normalized spacial score (nSPS) is 14.7. The quantitative estimate of drug-likeness (QED) is 0.696. The molecule has 4 rings (SSSR count). The van der Waals surface area contributed by atoms with Gasteiger partial charge in [-0.2, -0.15) is 0 Å². The van der Waals surface area contributed by atoms with Crippen LogP contribution in [0.4, 0.5) is 5.69 Å². The lowest BCUT2D eigenvalue weighted by molar-refractivity contribution is 0.0948. The van der Waals surface area contributed by atoms with E-state index in [1.807, 2.05) is 36.4 Å². The molecule has 1 N–H and O–H groups in total. The minimum atomic E-state index is -0.0836. The van der Waals surface area contributed by atoms with E-state index in [1.54, 1.807) is 6.26 Å². The van der Waals surface area contributed by atoms with Crippen molar-refractivity contribution in [2.24, 2.45) is 0 Å². The summed E-state index contributed by atoms with van der Waals surface area (Å²) >= 11 is 0. The molecule has 3 aromatic rings. The summed E-state index contributed by atoms with van der Waals surface area (Å²) in [6, 6.07) is 20.3. The Morgan fingerprint density at radius 1 is 0.966 bits per heavy atom. The number of anilines is 1. The van der Waals surface area contributed by atoms with Crippen molar-refractivity contribution in [1.29, 1.82) is 0 Å². The number of piperazine rings is 1. The number of amides is 1. The van der Waals surface area contributed by atoms with E-state index in [2.05, 4.69) is 46.3 Å². The summed E-state index contributed by atoms with van der Waals surface area (Å²) in [6.45, 7) is 7.59. The third-order valence-corrected chi connectivity index (χ3v) is 5.40. The highest BCUT2D eigenvalue weighted by molar-refractivity contribution is 5.94. The second-order valence-electron chi connectivity index (χ2n) is 7.56. The maximum atomic E-state index is 12.3. The van der Waals surface area contributed by atoms with Crippen LogP contribution in [0.3, 0.4) is 0 Å². The van der Waals surface area contributed by atoms with Crippen LogP contribution in [0.25, 0.3) is 0 Å². The van der Waals surface area contributed by atoms with Gasteiger partial charge in [-0.1, -0.05) is 29.8 Å². The summed E-state index contributed by atoms with van der Waals surface area (Å²) in [7, 11) is 0. The molecule has 5 nitrogen and oxygen atoms in total. The third kappa shape index (κ3) is 5.06. The number of hydrogen-bond donors (Lipinski definition) is 1. The number of hydrogen-bond acceptors (Lipinski definition) is 4.